The van der Waals surface area contributed by atoms with E-state index in [1.807, 2.05) is 7.05 Å². The third kappa shape index (κ3) is 4.36. The maximum Gasteiger partial charge on any atom is 0.320 e. The minimum atomic E-state index is -0.842. The molecule has 7 rings (SSSR count). The van der Waals surface area contributed by atoms with Gasteiger partial charge >= 0.3 is 6.01 Å². The van der Waals surface area contributed by atoms with Crippen LogP contribution in [-0.2, 0) is 11.8 Å². The van der Waals surface area contributed by atoms with E-state index in [0.29, 0.717) is 60.4 Å². The predicted octanol–water partition coefficient (Wildman–Crippen LogP) is 3.44. The van der Waals surface area contributed by atoms with E-state index in [2.05, 4.69) is 45.8 Å². The molecule has 12 heteroatoms. The topological polar surface area (TPSA) is 122 Å². The van der Waals surface area contributed by atoms with Crippen LogP contribution in [0.2, 0.25) is 0 Å². The normalized spacial score (nSPS) is 26.5. The number of halogens is 1. The molecule has 0 unspecified atom stereocenters. The van der Waals surface area contributed by atoms with Crippen LogP contribution in [-0.4, -0.2) is 97.5 Å². The van der Waals surface area contributed by atoms with Crippen molar-refractivity contribution in [2.75, 3.05) is 76.0 Å². The maximum atomic E-state index is 14.5. The van der Waals surface area contributed by atoms with Gasteiger partial charge in [-0.3, -0.25) is 4.90 Å². The monoisotopic (exact) mass is 605 g/mol. The highest BCUT2D eigenvalue weighted by molar-refractivity contribution is 7.16. The van der Waals surface area contributed by atoms with Crippen LogP contribution in [0.3, 0.4) is 0 Å². The standard InChI is InChI=1S/C31H40FN9OS/c1-38(2)30(7-4-8-30)18-39(3)26-22(14-34)27(37-28(36-26)42-19-31-9-5-11-41(31)15-20(32)12-31)40-16-29(17-40)10-6-23-24(29)21(13-33)25(35)43-23/h20H,4-12,15-19,35H2,1-3H3/t20-,31+/m1/s1. The summed E-state index contributed by atoms with van der Waals surface area (Å²) in [5.74, 6) is 1.13. The van der Waals surface area contributed by atoms with E-state index in [0.717, 1.165) is 57.2 Å². The van der Waals surface area contributed by atoms with Gasteiger partial charge in [-0.15, -0.1) is 11.3 Å². The number of hydrogen-bond donors (Lipinski definition) is 1. The molecular formula is C31H40FN9OS. The molecule has 10 nitrogen and oxygen atoms in total. The minimum Gasteiger partial charge on any atom is -0.461 e. The van der Waals surface area contributed by atoms with Gasteiger partial charge in [-0.2, -0.15) is 20.5 Å². The molecule has 228 valence electrons. The van der Waals surface area contributed by atoms with Crippen molar-refractivity contribution in [3.8, 4) is 18.1 Å². The molecule has 5 aliphatic rings. The van der Waals surface area contributed by atoms with Crippen molar-refractivity contribution < 1.29 is 9.13 Å². The van der Waals surface area contributed by atoms with Crippen LogP contribution in [0.4, 0.5) is 21.0 Å². The lowest BCUT2D eigenvalue weighted by Crippen LogP contribution is -2.59. The van der Waals surface area contributed by atoms with Gasteiger partial charge in [0, 0.05) is 55.5 Å². The lowest BCUT2D eigenvalue weighted by atomic mass is 9.74. The van der Waals surface area contributed by atoms with Crippen LogP contribution in [0.25, 0.3) is 0 Å². The molecule has 0 bridgehead atoms. The minimum absolute atomic E-state index is 0.0323. The first kappa shape index (κ1) is 28.6. The zero-order chi connectivity index (χ0) is 30.1. The molecule has 2 aromatic rings. The third-order valence-corrected chi connectivity index (χ3v) is 12.2. The Labute approximate surface area is 256 Å². The van der Waals surface area contributed by atoms with E-state index in [-0.39, 0.29) is 22.5 Å². The Morgan fingerprint density at radius 1 is 1.09 bits per heavy atom. The molecule has 1 spiro atoms. The van der Waals surface area contributed by atoms with Gasteiger partial charge in [-0.05, 0) is 71.1 Å². The van der Waals surface area contributed by atoms with E-state index in [1.165, 1.54) is 22.6 Å². The number of nitrogens with zero attached hydrogens (tertiary/aromatic N) is 8. The van der Waals surface area contributed by atoms with Gasteiger partial charge in [0.1, 0.15) is 35.5 Å². The first-order chi connectivity index (χ1) is 20.6. The largest absolute Gasteiger partial charge is 0.461 e. The van der Waals surface area contributed by atoms with Crippen LogP contribution in [0.15, 0.2) is 0 Å². The van der Waals surface area contributed by atoms with Crippen molar-refractivity contribution >= 4 is 28.0 Å². The lowest BCUT2D eigenvalue weighted by Gasteiger charge is -2.50. The van der Waals surface area contributed by atoms with Gasteiger partial charge in [-0.1, -0.05) is 0 Å². The Kier molecular flexibility index (Phi) is 6.77. The quantitative estimate of drug-likeness (QED) is 0.479. The first-order valence-electron chi connectivity index (χ1n) is 15.4. The highest BCUT2D eigenvalue weighted by atomic mass is 32.1. The van der Waals surface area contributed by atoms with Gasteiger partial charge in [-0.25, -0.2) is 4.39 Å². The number of ether oxygens (including phenoxy) is 1. The number of fused-ring (bicyclic) bond motifs is 3. The summed E-state index contributed by atoms with van der Waals surface area (Å²) in [7, 11) is 6.23. The van der Waals surface area contributed by atoms with E-state index in [9.17, 15) is 14.9 Å². The molecule has 2 N–H and O–H groups in total. The molecule has 0 aromatic carbocycles. The Morgan fingerprint density at radius 3 is 2.53 bits per heavy atom. The fraction of sp³-hybridized carbons (Fsp3) is 0.677. The van der Waals surface area contributed by atoms with Gasteiger partial charge < -0.3 is 25.2 Å². The first-order valence-corrected chi connectivity index (χ1v) is 16.2. The van der Waals surface area contributed by atoms with Crippen LogP contribution >= 0.6 is 11.3 Å². The van der Waals surface area contributed by atoms with E-state index >= 15 is 0 Å². The molecule has 2 atom stereocenters. The number of hydrogen-bond acceptors (Lipinski definition) is 11. The Bertz CT molecular complexity index is 1520. The molecule has 1 saturated carbocycles. The molecule has 3 saturated heterocycles. The van der Waals surface area contributed by atoms with Gasteiger partial charge in [0.05, 0.1) is 11.1 Å². The summed E-state index contributed by atoms with van der Waals surface area (Å²) < 4.78 is 20.8. The van der Waals surface area contributed by atoms with Crippen LogP contribution in [0.5, 0.6) is 6.01 Å². The van der Waals surface area contributed by atoms with Gasteiger partial charge in [0.25, 0.3) is 0 Å². The number of aryl methyl sites for hydroxylation is 1. The molecule has 4 fully saturated rings. The second-order valence-corrected chi connectivity index (χ2v) is 14.9. The Balaban J connectivity index is 1.22. The summed E-state index contributed by atoms with van der Waals surface area (Å²) >= 11 is 1.53. The molecular weight excluding hydrogens is 565 g/mol. The smallest absolute Gasteiger partial charge is 0.320 e. The van der Waals surface area contributed by atoms with Gasteiger partial charge in [0.15, 0.2) is 11.6 Å². The third-order valence-electron chi connectivity index (χ3n) is 11.1. The van der Waals surface area contributed by atoms with Crippen molar-refractivity contribution in [3.63, 3.8) is 0 Å². The zero-order valence-corrected chi connectivity index (χ0v) is 26.1. The van der Waals surface area contributed by atoms with Crippen LogP contribution in [0.1, 0.15) is 66.5 Å². The van der Waals surface area contributed by atoms with Crippen LogP contribution < -0.4 is 20.3 Å². The van der Waals surface area contributed by atoms with Gasteiger partial charge in [0.2, 0.25) is 0 Å². The number of thiophene rings is 1. The molecule has 0 amide bonds. The summed E-state index contributed by atoms with van der Waals surface area (Å²) in [4.78, 5) is 19.6. The number of likely N-dealkylation sites (N-methyl/N-ethyl adjacent to an activating group) is 2. The molecule has 0 radical (unpaired) electrons. The highest BCUT2D eigenvalue weighted by Crippen LogP contribution is 2.53. The summed E-state index contributed by atoms with van der Waals surface area (Å²) in [5, 5.41) is 21.0. The number of nitriles is 2. The highest BCUT2D eigenvalue weighted by Gasteiger charge is 2.53. The number of rotatable bonds is 8. The Morgan fingerprint density at radius 2 is 1.86 bits per heavy atom. The van der Waals surface area contributed by atoms with E-state index in [4.69, 9.17) is 20.4 Å². The average molecular weight is 606 g/mol. The van der Waals surface area contributed by atoms with Crippen molar-refractivity contribution in [2.24, 2.45) is 0 Å². The lowest BCUT2D eigenvalue weighted by molar-refractivity contribution is 0.0681. The fourth-order valence-corrected chi connectivity index (χ4v) is 9.70. The van der Waals surface area contributed by atoms with E-state index < -0.39 is 6.17 Å². The molecule has 3 aliphatic heterocycles. The van der Waals surface area contributed by atoms with Crippen molar-refractivity contribution in [1.82, 2.24) is 19.8 Å². The number of nitrogens with two attached hydrogens (primary N) is 1. The predicted molar refractivity (Wildman–Crippen MR) is 164 cm³/mol. The maximum absolute atomic E-state index is 14.5. The average Bonchev–Trinajstić information content (AvgIpc) is 3.65. The number of aromatic nitrogens is 2. The SMILES string of the molecule is CN(CC1(N(C)C)CCC1)c1nc(OC[C@@]23CCCN2C[C@H](F)C3)nc(N2CC3(CCc4sc(N)c(C#N)c43)C2)c1C#N. The van der Waals surface area contributed by atoms with Crippen molar-refractivity contribution in [1.29, 1.82) is 10.5 Å². The molecule has 5 heterocycles. The molecule has 2 aromatic heterocycles. The van der Waals surface area contributed by atoms with E-state index in [1.54, 1.807) is 0 Å². The second kappa shape index (κ2) is 10.2. The summed E-state index contributed by atoms with van der Waals surface area (Å²) in [6.07, 6.45) is 6.80. The van der Waals surface area contributed by atoms with Crippen molar-refractivity contribution in [3.05, 3.63) is 21.6 Å². The summed E-state index contributed by atoms with van der Waals surface area (Å²) in [6, 6.07) is 5.01. The Hall–Kier alpha value is -3.19. The van der Waals surface area contributed by atoms with Crippen molar-refractivity contribution in [2.45, 2.75) is 74.0 Å². The number of anilines is 3. The molecule has 2 aliphatic carbocycles. The summed E-state index contributed by atoms with van der Waals surface area (Å²) in [6.45, 7) is 3.72. The van der Waals surface area contributed by atoms with Crippen LogP contribution in [0, 0.1) is 22.7 Å². The summed E-state index contributed by atoms with van der Waals surface area (Å²) in [5.41, 5.74) is 7.90. The zero-order valence-electron chi connectivity index (χ0n) is 25.3. The fourth-order valence-electron chi connectivity index (χ4n) is 8.56. The second-order valence-electron chi connectivity index (χ2n) is 13.7. The molecule has 43 heavy (non-hydrogen) atoms. The number of alkyl halides is 1. The number of nitrogen functional groups attached to an aromatic ring is 1.